The van der Waals surface area contributed by atoms with Crippen molar-refractivity contribution in [2.75, 3.05) is 5.32 Å². The molecule has 1 amide bonds. The highest BCUT2D eigenvalue weighted by Gasteiger charge is 2.13. The lowest BCUT2D eigenvalue weighted by molar-refractivity contribution is -0.116. The van der Waals surface area contributed by atoms with Gasteiger partial charge in [0, 0.05) is 13.5 Å². The first-order valence-corrected chi connectivity index (χ1v) is 5.56. The molecule has 84 valence electrons. The van der Waals surface area contributed by atoms with Crippen LogP contribution in [0, 0.1) is 6.92 Å². The van der Waals surface area contributed by atoms with Gasteiger partial charge in [0.25, 0.3) is 0 Å². The van der Waals surface area contributed by atoms with Gasteiger partial charge in [-0.05, 0) is 25.0 Å². The lowest BCUT2D eigenvalue weighted by Gasteiger charge is -2.16. The number of aryl methyl sites for hydroxylation is 2. The van der Waals surface area contributed by atoms with E-state index in [1.165, 1.54) is 17.5 Å². The molecule has 2 heteroatoms. The number of anilines is 1. The molecule has 0 aliphatic carbocycles. The van der Waals surface area contributed by atoms with Gasteiger partial charge >= 0.3 is 0 Å². The van der Waals surface area contributed by atoms with E-state index in [0.717, 1.165) is 12.1 Å². The van der Waals surface area contributed by atoms with Crippen LogP contribution in [0.3, 0.4) is 0 Å². The maximum absolute atomic E-state index is 11.0. The number of benzene rings is 1. The molecule has 0 radical (unpaired) electrons. The number of amides is 1. The maximum atomic E-state index is 11.0. The number of fused-ring (bicyclic) bond motifs is 1. The van der Waals surface area contributed by atoms with Crippen LogP contribution in [0.15, 0.2) is 18.2 Å². The predicted octanol–water partition coefficient (Wildman–Crippen LogP) is 3.54. The Balaban J connectivity index is 0.000000511. The first kappa shape index (κ1) is 11.8. The molecule has 1 aromatic rings. The van der Waals surface area contributed by atoms with Gasteiger partial charge in [-0.15, -0.1) is 0 Å². The summed E-state index contributed by atoms with van der Waals surface area (Å²) < 4.78 is 0. The van der Waals surface area contributed by atoms with E-state index in [0.29, 0.717) is 6.42 Å². The van der Waals surface area contributed by atoms with E-state index in [4.69, 9.17) is 0 Å². The average molecular weight is 207 g/mol. The monoisotopic (exact) mass is 207 g/mol. The Hall–Kier alpha value is -1.31. The third-order valence-corrected chi connectivity index (χ3v) is 2.16. The molecule has 0 fully saturated rings. The predicted molar refractivity (Wildman–Crippen MR) is 66.2 cm³/mol. The molecule has 1 aliphatic rings. The van der Waals surface area contributed by atoms with E-state index < -0.39 is 0 Å². The lowest BCUT2D eigenvalue weighted by atomic mass is 10.0. The molecule has 1 aromatic carbocycles. The molecule has 2 nitrogen and oxygen atoms in total. The van der Waals surface area contributed by atoms with Gasteiger partial charge in [-0.1, -0.05) is 38.0 Å². The molecule has 0 bridgehead atoms. The first-order valence-electron chi connectivity index (χ1n) is 5.56. The zero-order chi connectivity index (χ0) is 11.3. The van der Waals surface area contributed by atoms with E-state index in [2.05, 4.69) is 32.2 Å². The van der Waals surface area contributed by atoms with E-state index in [1.54, 1.807) is 0 Å². The molecule has 1 aliphatic heterocycles. The summed E-state index contributed by atoms with van der Waals surface area (Å²) in [6, 6.07) is 6.13. The molecular weight excluding hydrogens is 186 g/mol. The zero-order valence-corrected chi connectivity index (χ0v) is 9.76. The van der Waals surface area contributed by atoms with Gasteiger partial charge in [-0.25, -0.2) is 0 Å². The smallest absolute Gasteiger partial charge is 0.224 e. The van der Waals surface area contributed by atoms with Crippen molar-refractivity contribution >= 4 is 11.6 Å². The Morgan fingerprint density at radius 2 is 2.00 bits per heavy atom. The van der Waals surface area contributed by atoms with Gasteiger partial charge < -0.3 is 5.32 Å². The summed E-state index contributed by atoms with van der Waals surface area (Å²) in [6.45, 7) is 6.32. The molecule has 2 rings (SSSR count). The van der Waals surface area contributed by atoms with Crippen LogP contribution >= 0.6 is 0 Å². The summed E-state index contributed by atoms with van der Waals surface area (Å²) in [4.78, 5) is 11.0. The standard InChI is InChI=1S/C10H11NO.C3H8.H2/c1-7-2-4-9-8(6-7)3-5-10(12)11-9;1-3-2;/h2,4,6H,3,5H2,1H3,(H,11,12);3H2,1-2H3;1H. The normalized spacial score (nSPS) is 13.4. The van der Waals surface area contributed by atoms with Gasteiger partial charge in [-0.3, -0.25) is 4.79 Å². The van der Waals surface area contributed by atoms with Crippen molar-refractivity contribution in [2.24, 2.45) is 0 Å². The summed E-state index contributed by atoms with van der Waals surface area (Å²) in [5, 5.41) is 2.85. The molecular formula is C13H21NO. The third-order valence-electron chi connectivity index (χ3n) is 2.16. The third kappa shape index (κ3) is 3.39. The molecule has 1 heterocycles. The van der Waals surface area contributed by atoms with Crippen LogP contribution in [0.4, 0.5) is 5.69 Å². The Labute approximate surface area is 93.2 Å². The van der Waals surface area contributed by atoms with Crippen LogP contribution in [-0.2, 0) is 11.2 Å². The van der Waals surface area contributed by atoms with Crippen molar-refractivity contribution < 1.29 is 6.22 Å². The van der Waals surface area contributed by atoms with E-state index >= 15 is 0 Å². The van der Waals surface area contributed by atoms with Crippen LogP contribution < -0.4 is 5.32 Å². The number of hydrogen-bond donors (Lipinski definition) is 1. The number of carbonyl (C=O) groups is 1. The minimum absolute atomic E-state index is 0. The summed E-state index contributed by atoms with van der Waals surface area (Å²) in [6.07, 6.45) is 2.75. The molecule has 0 atom stereocenters. The van der Waals surface area contributed by atoms with Gasteiger partial charge in [0.2, 0.25) is 5.91 Å². The highest BCUT2D eigenvalue weighted by atomic mass is 16.1. The summed E-state index contributed by atoms with van der Waals surface area (Å²) in [5.74, 6) is 0.131. The van der Waals surface area contributed by atoms with E-state index in [-0.39, 0.29) is 7.33 Å². The molecule has 0 saturated carbocycles. The van der Waals surface area contributed by atoms with Crippen molar-refractivity contribution in [3.05, 3.63) is 29.3 Å². The van der Waals surface area contributed by atoms with Crippen LogP contribution in [-0.4, -0.2) is 5.91 Å². The fourth-order valence-corrected chi connectivity index (χ4v) is 1.51. The van der Waals surface area contributed by atoms with Crippen molar-refractivity contribution in [1.82, 2.24) is 0 Å². The molecule has 0 unspecified atom stereocenters. The molecule has 1 N–H and O–H groups in total. The van der Waals surface area contributed by atoms with Crippen LogP contribution in [0.1, 0.15) is 39.2 Å². The molecule has 0 saturated heterocycles. The Morgan fingerprint density at radius 1 is 1.33 bits per heavy atom. The van der Waals surface area contributed by atoms with Gasteiger partial charge in [0.1, 0.15) is 0 Å². The Kier molecular flexibility index (Phi) is 4.35. The number of rotatable bonds is 0. The average Bonchev–Trinajstić information content (AvgIpc) is 2.20. The minimum Gasteiger partial charge on any atom is -0.326 e. The Bertz CT molecular complexity index is 350. The number of carbonyl (C=O) groups excluding carboxylic acids is 1. The van der Waals surface area contributed by atoms with Crippen molar-refractivity contribution in [3.63, 3.8) is 0 Å². The number of hydrogen-bond acceptors (Lipinski definition) is 1. The summed E-state index contributed by atoms with van der Waals surface area (Å²) >= 11 is 0. The number of nitrogens with one attached hydrogen (secondary N) is 1. The van der Waals surface area contributed by atoms with Crippen LogP contribution in [0.5, 0.6) is 0 Å². The highest BCUT2D eigenvalue weighted by Crippen LogP contribution is 2.22. The second-order valence-corrected chi connectivity index (χ2v) is 3.92. The van der Waals surface area contributed by atoms with Crippen molar-refractivity contribution in [3.8, 4) is 0 Å². The largest absolute Gasteiger partial charge is 0.326 e. The first-order chi connectivity index (χ1) is 7.17. The molecule has 15 heavy (non-hydrogen) atoms. The van der Waals surface area contributed by atoms with Gasteiger partial charge in [0.05, 0.1) is 0 Å². The fourth-order valence-electron chi connectivity index (χ4n) is 1.51. The quantitative estimate of drug-likeness (QED) is 0.692. The van der Waals surface area contributed by atoms with Gasteiger partial charge in [-0.2, -0.15) is 0 Å². The Morgan fingerprint density at radius 3 is 2.67 bits per heavy atom. The highest BCUT2D eigenvalue weighted by molar-refractivity contribution is 5.93. The van der Waals surface area contributed by atoms with Crippen molar-refractivity contribution in [2.45, 2.75) is 40.0 Å². The minimum atomic E-state index is 0. The molecule has 0 aromatic heterocycles. The molecule has 0 spiro atoms. The summed E-state index contributed by atoms with van der Waals surface area (Å²) in [5.41, 5.74) is 3.50. The summed E-state index contributed by atoms with van der Waals surface area (Å²) in [7, 11) is 0. The van der Waals surface area contributed by atoms with Crippen LogP contribution in [0.2, 0.25) is 0 Å². The topological polar surface area (TPSA) is 29.1 Å². The second kappa shape index (κ2) is 5.54. The van der Waals surface area contributed by atoms with E-state index in [9.17, 15) is 4.79 Å². The zero-order valence-electron chi connectivity index (χ0n) is 9.76. The maximum Gasteiger partial charge on any atom is 0.224 e. The lowest BCUT2D eigenvalue weighted by Crippen LogP contribution is -2.18. The van der Waals surface area contributed by atoms with E-state index in [1.807, 2.05) is 12.1 Å². The van der Waals surface area contributed by atoms with Gasteiger partial charge in [0.15, 0.2) is 0 Å². The fraction of sp³-hybridized carbons (Fsp3) is 0.462. The van der Waals surface area contributed by atoms with Crippen molar-refractivity contribution in [1.29, 1.82) is 0 Å². The second-order valence-electron chi connectivity index (χ2n) is 3.92. The SMILES string of the molecule is CCC.Cc1ccc2c(c1)CCC(=O)N2.[HH]. The van der Waals surface area contributed by atoms with Crippen LogP contribution in [0.25, 0.3) is 0 Å².